The molecule has 0 bridgehead atoms. The summed E-state index contributed by atoms with van der Waals surface area (Å²) in [4.78, 5) is 12.6. The summed E-state index contributed by atoms with van der Waals surface area (Å²) in [7, 11) is -4.81. The van der Waals surface area contributed by atoms with E-state index in [9.17, 15) is 31.7 Å². The number of nitro groups is 1. The van der Waals surface area contributed by atoms with Gasteiger partial charge in [-0.3, -0.25) is 15.1 Å². The van der Waals surface area contributed by atoms with E-state index in [1.165, 1.54) is 24.4 Å². The van der Waals surface area contributed by atoms with Crippen molar-refractivity contribution in [1.82, 2.24) is 4.98 Å². The fraction of sp³-hybridized carbons (Fsp3) is 0.0625. The van der Waals surface area contributed by atoms with E-state index >= 15 is 0 Å². The Bertz CT molecular complexity index is 1130. The molecule has 0 aliphatic carbocycles. The number of alkyl halides is 3. The molecule has 1 heterocycles. The number of nitrogens with zero attached hydrogens (tertiary/aromatic N) is 2. The molecular formula is C16H9F3N2O4S. The maximum Gasteiger partial charge on any atom is 0.417 e. The van der Waals surface area contributed by atoms with Gasteiger partial charge in [-0.15, -0.1) is 0 Å². The second kappa shape index (κ2) is 6.06. The predicted molar refractivity (Wildman–Crippen MR) is 85.3 cm³/mol. The first-order valence-corrected chi connectivity index (χ1v) is 8.56. The third-order valence-electron chi connectivity index (χ3n) is 3.67. The summed E-state index contributed by atoms with van der Waals surface area (Å²) >= 11 is 0. The molecule has 134 valence electrons. The Balaban J connectivity index is 2.38. The van der Waals surface area contributed by atoms with Gasteiger partial charge in [0.05, 0.1) is 26.3 Å². The van der Waals surface area contributed by atoms with E-state index in [1.54, 1.807) is 0 Å². The molecule has 0 aliphatic heterocycles. The van der Waals surface area contributed by atoms with Gasteiger partial charge in [0.1, 0.15) is 4.90 Å². The van der Waals surface area contributed by atoms with Gasteiger partial charge in [0, 0.05) is 6.20 Å². The fourth-order valence-corrected chi connectivity index (χ4v) is 4.23. The highest BCUT2D eigenvalue weighted by atomic mass is 32.2. The van der Waals surface area contributed by atoms with Crippen molar-refractivity contribution in [2.45, 2.75) is 16.0 Å². The number of fused-ring (bicyclic) bond motifs is 1. The first-order valence-electron chi connectivity index (χ1n) is 7.07. The highest BCUT2D eigenvalue weighted by Crippen LogP contribution is 2.40. The molecule has 0 saturated carbocycles. The Kier molecular flexibility index (Phi) is 4.15. The van der Waals surface area contributed by atoms with Crippen LogP contribution in [0, 0.1) is 10.1 Å². The minimum absolute atomic E-state index is 0.0805. The van der Waals surface area contributed by atoms with E-state index < -0.39 is 42.0 Å². The first kappa shape index (κ1) is 17.8. The average Bonchev–Trinajstić information content (AvgIpc) is 2.59. The van der Waals surface area contributed by atoms with Crippen LogP contribution in [0.3, 0.4) is 0 Å². The van der Waals surface area contributed by atoms with Crippen molar-refractivity contribution in [2.75, 3.05) is 0 Å². The SMILES string of the molecule is O=[N+]([O-])c1c(S(=O)(=O)c2ccccc2C(F)(F)F)ccc2ncccc12. The van der Waals surface area contributed by atoms with E-state index in [2.05, 4.69) is 4.98 Å². The molecule has 3 rings (SSSR count). The molecule has 0 amide bonds. The summed E-state index contributed by atoms with van der Waals surface area (Å²) < 4.78 is 65.3. The van der Waals surface area contributed by atoms with Crippen molar-refractivity contribution < 1.29 is 26.5 Å². The van der Waals surface area contributed by atoms with Crippen LogP contribution in [0.1, 0.15) is 5.56 Å². The van der Waals surface area contributed by atoms with Crippen molar-refractivity contribution >= 4 is 26.4 Å². The third-order valence-corrected chi connectivity index (χ3v) is 5.52. The molecular weight excluding hydrogens is 373 g/mol. The van der Waals surface area contributed by atoms with Crippen molar-refractivity contribution in [2.24, 2.45) is 0 Å². The van der Waals surface area contributed by atoms with Crippen LogP contribution in [-0.2, 0) is 16.0 Å². The largest absolute Gasteiger partial charge is 0.417 e. The number of hydrogen-bond acceptors (Lipinski definition) is 5. The molecule has 0 radical (unpaired) electrons. The van der Waals surface area contributed by atoms with Crippen LogP contribution in [-0.4, -0.2) is 18.3 Å². The van der Waals surface area contributed by atoms with E-state index in [1.807, 2.05) is 0 Å². The van der Waals surface area contributed by atoms with Crippen molar-refractivity contribution in [1.29, 1.82) is 0 Å². The molecule has 0 atom stereocenters. The average molecular weight is 382 g/mol. The highest BCUT2D eigenvalue weighted by molar-refractivity contribution is 7.91. The van der Waals surface area contributed by atoms with Crippen molar-refractivity contribution in [3.8, 4) is 0 Å². The molecule has 0 saturated heterocycles. The zero-order valence-corrected chi connectivity index (χ0v) is 13.6. The molecule has 0 spiro atoms. The molecule has 0 fully saturated rings. The number of nitro benzene ring substituents is 1. The van der Waals surface area contributed by atoms with Crippen LogP contribution in [0.25, 0.3) is 10.9 Å². The van der Waals surface area contributed by atoms with Crippen LogP contribution in [0.4, 0.5) is 18.9 Å². The van der Waals surface area contributed by atoms with Gasteiger partial charge in [0.25, 0.3) is 5.69 Å². The van der Waals surface area contributed by atoms with Crippen LogP contribution in [0.15, 0.2) is 64.5 Å². The second-order valence-electron chi connectivity index (χ2n) is 5.24. The second-order valence-corrected chi connectivity index (χ2v) is 7.12. The number of pyridine rings is 1. The number of rotatable bonds is 3. The number of halogens is 3. The molecule has 1 aromatic heterocycles. The summed E-state index contributed by atoms with van der Waals surface area (Å²) in [5.41, 5.74) is -2.05. The van der Waals surface area contributed by atoms with Gasteiger partial charge >= 0.3 is 6.18 Å². The van der Waals surface area contributed by atoms with E-state index in [0.717, 1.165) is 24.3 Å². The number of sulfone groups is 1. The van der Waals surface area contributed by atoms with E-state index in [0.29, 0.717) is 6.07 Å². The van der Waals surface area contributed by atoms with Gasteiger partial charge in [0.2, 0.25) is 9.84 Å². The third kappa shape index (κ3) is 2.88. The Morgan fingerprint density at radius 2 is 1.65 bits per heavy atom. The Morgan fingerprint density at radius 1 is 0.962 bits per heavy atom. The lowest BCUT2D eigenvalue weighted by atomic mass is 10.2. The van der Waals surface area contributed by atoms with Gasteiger partial charge in [0.15, 0.2) is 0 Å². The highest BCUT2D eigenvalue weighted by Gasteiger charge is 2.39. The van der Waals surface area contributed by atoms with Gasteiger partial charge in [-0.05, 0) is 36.4 Å². The van der Waals surface area contributed by atoms with E-state index in [4.69, 9.17) is 0 Å². The predicted octanol–water partition coefficient (Wildman–Crippen LogP) is 3.99. The van der Waals surface area contributed by atoms with Gasteiger partial charge in [-0.25, -0.2) is 8.42 Å². The maximum atomic E-state index is 13.2. The number of aromatic nitrogens is 1. The molecule has 26 heavy (non-hydrogen) atoms. The Hall–Kier alpha value is -3.01. The Morgan fingerprint density at radius 3 is 2.31 bits per heavy atom. The van der Waals surface area contributed by atoms with Gasteiger partial charge in [-0.1, -0.05) is 12.1 Å². The minimum atomic E-state index is -4.93. The maximum absolute atomic E-state index is 13.2. The van der Waals surface area contributed by atoms with Crippen LogP contribution in [0.2, 0.25) is 0 Å². The zero-order valence-electron chi connectivity index (χ0n) is 12.8. The molecule has 6 nitrogen and oxygen atoms in total. The van der Waals surface area contributed by atoms with Crippen LogP contribution in [0.5, 0.6) is 0 Å². The number of hydrogen-bond donors (Lipinski definition) is 0. The van der Waals surface area contributed by atoms with Crippen LogP contribution >= 0.6 is 0 Å². The topological polar surface area (TPSA) is 90.2 Å². The van der Waals surface area contributed by atoms with Gasteiger partial charge < -0.3 is 0 Å². The standard InChI is InChI=1S/C16H9F3N2O4S/c17-16(18,19)11-5-1-2-6-13(11)26(24,25)14-8-7-12-10(4-3-9-20-12)15(14)21(22)23/h1-9H. The summed E-state index contributed by atoms with van der Waals surface area (Å²) in [5.74, 6) is 0. The summed E-state index contributed by atoms with van der Waals surface area (Å²) in [5, 5.41) is 11.4. The monoisotopic (exact) mass is 382 g/mol. The fourth-order valence-electron chi connectivity index (χ4n) is 2.58. The van der Waals surface area contributed by atoms with Crippen molar-refractivity contribution in [3.05, 3.63) is 70.4 Å². The molecule has 0 N–H and O–H groups in total. The zero-order chi connectivity index (χ0) is 19.1. The Labute approximate surface area is 145 Å². The smallest absolute Gasteiger partial charge is 0.258 e. The quantitative estimate of drug-likeness (QED) is 0.505. The molecule has 10 heteroatoms. The molecule has 0 aliphatic rings. The normalized spacial score (nSPS) is 12.3. The first-order chi connectivity index (χ1) is 12.1. The number of benzene rings is 2. The summed E-state index contributed by atoms with van der Waals surface area (Å²) in [6.07, 6.45) is -3.57. The minimum Gasteiger partial charge on any atom is -0.258 e. The van der Waals surface area contributed by atoms with Gasteiger partial charge in [-0.2, -0.15) is 13.2 Å². The lowest BCUT2D eigenvalue weighted by molar-refractivity contribution is -0.386. The lowest BCUT2D eigenvalue weighted by Gasteiger charge is -2.13. The van der Waals surface area contributed by atoms with Crippen LogP contribution < -0.4 is 0 Å². The molecule has 3 aromatic rings. The summed E-state index contributed by atoms with van der Waals surface area (Å²) in [6, 6.07) is 8.32. The summed E-state index contributed by atoms with van der Waals surface area (Å²) in [6.45, 7) is 0. The lowest BCUT2D eigenvalue weighted by Crippen LogP contribution is -2.14. The molecule has 2 aromatic carbocycles. The van der Waals surface area contributed by atoms with Crippen molar-refractivity contribution in [3.63, 3.8) is 0 Å². The molecule has 0 unspecified atom stereocenters. The van der Waals surface area contributed by atoms with E-state index in [-0.39, 0.29) is 10.9 Å².